The van der Waals surface area contributed by atoms with Crippen LogP contribution in [0.4, 0.5) is 5.69 Å². The molecule has 1 aromatic heterocycles. The maximum atomic E-state index is 11.0. The van der Waals surface area contributed by atoms with E-state index in [4.69, 9.17) is 5.11 Å². The Kier molecular flexibility index (Phi) is 3.53. The first-order valence-corrected chi connectivity index (χ1v) is 5.81. The van der Waals surface area contributed by atoms with Crippen LogP contribution in [0.5, 0.6) is 0 Å². The van der Waals surface area contributed by atoms with Crippen molar-refractivity contribution in [2.24, 2.45) is 0 Å². The van der Waals surface area contributed by atoms with E-state index in [1.807, 2.05) is 42.4 Å². The van der Waals surface area contributed by atoms with E-state index in [0.29, 0.717) is 6.54 Å². The molecular weight excluding hydrogens is 230 g/mol. The molecular formula is C13H17N3O2. The topological polar surface area (TPSA) is 68.4 Å². The maximum absolute atomic E-state index is 11.0. The molecule has 1 aromatic carbocycles. The van der Waals surface area contributed by atoms with Crippen molar-refractivity contribution in [3.63, 3.8) is 0 Å². The second-order valence-electron chi connectivity index (χ2n) is 4.28. The van der Waals surface area contributed by atoms with Crippen molar-refractivity contribution >= 4 is 22.6 Å². The summed E-state index contributed by atoms with van der Waals surface area (Å²) in [6.45, 7) is 0.410. The monoisotopic (exact) mass is 247 g/mol. The van der Waals surface area contributed by atoms with E-state index in [1.54, 1.807) is 7.05 Å². The highest BCUT2D eigenvalue weighted by molar-refractivity contribution is 5.92. The van der Waals surface area contributed by atoms with Crippen molar-refractivity contribution in [1.82, 2.24) is 10.3 Å². The van der Waals surface area contributed by atoms with Gasteiger partial charge in [-0.2, -0.15) is 0 Å². The Bertz CT molecular complexity index is 550. The summed E-state index contributed by atoms with van der Waals surface area (Å²) in [5.74, 6) is -0.843. The molecule has 0 aliphatic carbocycles. The number of carboxylic acids is 1. The van der Waals surface area contributed by atoms with Crippen LogP contribution in [0.3, 0.4) is 0 Å². The van der Waals surface area contributed by atoms with Gasteiger partial charge in [-0.3, -0.25) is 4.79 Å². The molecule has 3 N–H and O–H groups in total. The van der Waals surface area contributed by atoms with Gasteiger partial charge in [0.1, 0.15) is 6.04 Å². The lowest BCUT2D eigenvalue weighted by Crippen LogP contribution is -2.43. The number of likely N-dealkylation sites (N-methyl/N-ethyl adjacent to an activating group) is 2. The minimum Gasteiger partial charge on any atom is -0.480 e. The van der Waals surface area contributed by atoms with Gasteiger partial charge in [0.25, 0.3) is 0 Å². The lowest BCUT2D eigenvalue weighted by Gasteiger charge is -2.22. The van der Waals surface area contributed by atoms with Gasteiger partial charge in [-0.25, -0.2) is 0 Å². The second-order valence-corrected chi connectivity index (χ2v) is 4.28. The molecule has 0 fully saturated rings. The number of para-hydroxylation sites is 1. The minimum atomic E-state index is -0.843. The predicted octanol–water partition coefficient (Wildman–Crippen LogP) is 1.28. The van der Waals surface area contributed by atoms with E-state index >= 15 is 0 Å². The molecule has 0 saturated heterocycles. The number of aliphatic carboxylic acids is 1. The molecule has 1 heterocycles. The van der Waals surface area contributed by atoms with Crippen molar-refractivity contribution in [3.05, 3.63) is 30.5 Å². The molecule has 0 bridgehead atoms. The number of hydrogen-bond acceptors (Lipinski definition) is 3. The summed E-state index contributed by atoms with van der Waals surface area (Å²) >= 11 is 0. The number of H-pyrrole nitrogens is 1. The number of benzene rings is 1. The highest BCUT2D eigenvalue weighted by atomic mass is 16.4. The molecule has 0 saturated carbocycles. The lowest BCUT2D eigenvalue weighted by atomic mass is 10.2. The van der Waals surface area contributed by atoms with Crippen molar-refractivity contribution < 1.29 is 9.90 Å². The molecule has 0 aliphatic rings. The minimum absolute atomic E-state index is 0.410. The number of fused-ring (bicyclic) bond motifs is 1. The molecule has 18 heavy (non-hydrogen) atoms. The SMILES string of the molecule is CNC(CN(C)c1c[nH]c2ccccc12)C(=O)O. The number of rotatable bonds is 5. The van der Waals surface area contributed by atoms with Crippen LogP contribution in [0.15, 0.2) is 30.5 Å². The van der Waals surface area contributed by atoms with Gasteiger partial charge >= 0.3 is 5.97 Å². The van der Waals surface area contributed by atoms with Crippen molar-refractivity contribution in [1.29, 1.82) is 0 Å². The molecule has 5 heteroatoms. The van der Waals surface area contributed by atoms with Gasteiger partial charge in [-0.05, 0) is 13.1 Å². The zero-order valence-electron chi connectivity index (χ0n) is 10.5. The van der Waals surface area contributed by atoms with Crippen LogP contribution < -0.4 is 10.2 Å². The number of carbonyl (C=O) groups is 1. The fourth-order valence-corrected chi connectivity index (χ4v) is 2.04. The van der Waals surface area contributed by atoms with Gasteiger partial charge in [-0.1, -0.05) is 18.2 Å². The fourth-order valence-electron chi connectivity index (χ4n) is 2.04. The van der Waals surface area contributed by atoms with Gasteiger partial charge in [0.15, 0.2) is 0 Å². The van der Waals surface area contributed by atoms with Crippen molar-refractivity contribution in [3.8, 4) is 0 Å². The van der Waals surface area contributed by atoms with Crippen LogP contribution in [0.25, 0.3) is 10.9 Å². The van der Waals surface area contributed by atoms with Crippen LogP contribution in [0, 0.1) is 0 Å². The van der Waals surface area contributed by atoms with Gasteiger partial charge in [0.05, 0.1) is 5.69 Å². The number of aromatic nitrogens is 1. The third-order valence-electron chi connectivity index (χ3n) is 3.08. The first-order chi connectivity index (χ1) is 8.63. The molecule has 5 nitrogen and oxygen atoms in total. The maximum Gasteiger partial charge on any atom is 0.322 e. The Balaban J connectivity index is 2.23. The summed E-state index contributed by atoms with van der Waals surface area (Å²) in [5, 5.41) is 12.9. The zero-order valence-corrected chi connectivity index (χ0v) is 10.5. The van der Waals surface area contributed by atoms with Crippen LogP contribution in [-0.2, 0) is 4.79 Å². The molecule has 0 amide bonds. The third kappa shape index (κ3) is 2.31. The highest BCUT2D eigenvalue weighted by Crippen LogP contribution is 2.25. The summed E-state index contributed by atoms with van der Waals surface area (Å²) in [5.41, 5.74) is 2.06. The number of aromatic amines is 1. The number of carboxylic acid groups (broad SMARTS) is 1. The molecule has 1 atom stereocenters. The van der Waals surface area contributed by atoms with Crippen LogP contribution >= 0.6 is 0 Å². The first-order valence-electron chi connectivity index (χ1n) is 5.81. The molecule has 2 aromatic rings. The first kappa shape index (κ1) is 12.4. The molecule has 2 rings (SSSR count). The number of nitrogens with one attached hydrogen (secondary N) is 2. The largest absolute Gasteiger partial charge is 0.480 e. The number of hydrogen-bond donors (Lipinski definition) is 3. The van der Waals surface area contributed by atoms with E-state index in [-0.39, 0.29) is 0 Å². The Morgan fingerprint density at radius 1 is 1.50 bits per heavy atom. The third-order valence-corrected chi connectivity index (χ3v) is 3.08. The average molecular weight is 247 g/mol. The fraction of sp³-hybridized carbons (Fsp3) is 0.308. The molecule has 1 unspecified atom stereocenters. The van der Waals surface area contributed by atoms with Gasteiger partial charge in [-0.15, -0.1) is 0 Å². The summed E-state index contributed by atoms with van der Waals surface area (Å²) in [6.07, 6.45) is 1.90. The normalized spacial score (nSPS) is 12.6. The number of nitrogens with zero attached hydrogens (tertiary/aromatic N) is 1. The van der Waals surface area contributed by atoms with E-state index in [9.17, 15) is 4.79 Å². The van der Waals surface area contributed by atoms with Gasteiger partial charge in [0.2, 0.25) is 0 Å². The lowest BCUT2D eigenvalue weighted by molar-refractivity contribution is -0.139. The van der Waals surface area contributed by atoms with Crippen molar-refractivity contribution in [2.75, 3.05) is 25.5 Å². The van der Waals surface area contributed by atoms with Crippen LogP contribution in [0.2, 0.25) is 0 Å². The molecule has 0 spiro atoms. The van der Waals surface area contributed by atoms with E-state index in [0.717, 1.165) is 16.6 Å². The molecule has 96 valence electrons. The molecule has 0 aliphatic heterocycles. The second kappa shape index (κ2) is 5.10. The van der Waals surface area contributed by atoms with Crippen LogP contribution in [-0.4, -0.2) is 42.7 Å². The van der Waals surface area contributed by atoms with E-state index in [1.165, 1.54) is 0 Å². The molecule has 0 radical (unpaired) electrons. The summed E-state index contributed by atoms with van der Waals surface area (Å²) < 4.78 is 0. The predicted molar refractivity (Wildman–Crippen MR) is 72.1 cm³/mol. The smallest absolute Gasteiger partial charge is 0.322 e. The summed E-state index contributed by atoms with van der Waals surface area (Å²) in [7, 11) is 3.55. The highest BCUT2D eigenvalue weighted by Gasteiger charge is 2.18. The average Bonchev–Trinajstić information content (AvgIpc) is 2.79. The zero-order chi connectivity index (χ0) is 13.1. The van der Waals surface area contributed by atoms with E-state index < -0.39 is 12.0 Å². The van der Waals surface area contributed by atoms with E-state index in [2.05, 4.69) is 10.3 Å². The van der Waals surface area contributed by atoms with Crippen LogP contribution in [0.1, 0.15) is 0 Å². The van der Waals surface area contributed by atoms with Gasteiger partial charge < -0.3 is 20.3 Å². The van der Waals surface area contributed by atoms with Crippen molar-refractivity contribution in [2.45, 2.75) is 6.04 Å². The number of anilines is 1. The summed E-state index contributed by atoms with van der Waals surface area (Å²) in [6, 6.07) is 7.38. The Morgan fingerprint density at radius 3 is 2.89 bits per heavy atom. The standard InChI is InChI=1S/C13H17N3O2/c1-14-11(13(17)18)8-16(2)12-7-15-10-6-4-3-5-9(10)12/h3-7,11,14-15H,8H2,1-2H3,(H,17,18). The Hall–Kier alpha value is -2.01. The Morgan fingerprint density at radius 2 is 2.22 bits per heavy atom. The quantitative estimate of drug-likeness (QED) is 0.744. The van der Waals surface area contributed by atoms with Gasteiger partial charge in [0, 0.05) is 30.7 Å². The Labute approximate surface area is 105 Å². The summed E-state index contributed by atoms with van der Waals surface area (Å²) in [4.78, 5) is 16.1.